The molecule has 0 aliphatic heterocycles. The maximum atomic E-state index is 11.3. The Morgan fingerprint density at radius 2 is 1.83 bits per heavy atom. The van der Waals surface area contributed by atoms with Crippen LogP contribution in [0.4, 0.5) is 0 Å². The number of methoxy groups -OCH3 is 1. The lowest BCUT2D eigenvalue weighted by molar-refractivity contribution is -0.142. The van der Waals surface area contributed by atoms with Gasteiger partial charge in [-0.05, 0) is 34.5 Å². The summed E-state index contributed by atoms with van der Waals surface area (Å²) in [6.45, 7) is 0. The number of benzene rings is 2. The maximum Gasteiger partial charge on any atom is 0.327 e. The molecule has 0 aromatic heterocycles. The Morgan fingerprint density at radius 1 is 1.22 bits per heavy atom. The summed E-state index contributed by atoms with van der Waals surface area (Å²) in [7, 11) is 1.31. The SMILES string of the molecule is COC(=O)[C@H](N)c1ccc2cc(O)ccc2c1.Cl. The van der Waals surface area contributed by atoms with Gasteiger partial charge >= 0.3 is 5.97 Å². The number of fused-ring (bicyclic) bond motifs is 1. The molecule has 5 heteroatoms. The second-order valence-corrected chi connectivity index (χ2v) is 3.79. The fourth-order valence-electron chi connectivity index (χ4n) is 1.71. The number of phenolic OH excluding ortho intramolecular Hbond substituents is 1. The molecule has 0 aliphatic rings. The molecule has 4 nitrogen and oxygen atoms in total. The molecule has 96 valence electrons. The number of phenols is 1. The van der Waals surface area contributed by atoms with E-state index < -0.39 is 12.0 Å². The van der Waals surface area contributed by atoms with Crippen molar-refractivity contribution >= 4 is 29.1 Å². The fraction of sp³-hybridized carbons (Fsp3) is 0.154. The minimum atomic E-state index is -0.779. The molecule has 0 saturated carbocycles. The molecule has 0 heterocycles. The summed E-state index contributed by atoms with van der Waals surface area (Å²) in [5.41, 5.74) is 6.44. The van der Waals surface area contributed by atoms with Gasteiger partial charge in [-0.2, -0.15) is 0 Å². The van der Waals surface area contributed by atoms with Crippen LogP contribution in [-0.2, 0) is 9.53 Å². The molecule has 0 unspecified atom stereocenters. The number of aromatic hydroxyl groups is 1. The van der Waals surface area contributed by atoms with E-state index in [2.05, 4.69) is 4.74 Å². The molecule has 2 rings (SSSR count). The molecule has 0 saturated heterocycles. The average Bonchev–Trinajstić information content (AvgIpc) is 2.36. The molecular weight excluding hydrogens is 254 g/mol. The van der Waals surface area contributed by atoms with Crippen LogP contribution in [0.1, 0.15) is 11.6 Å². The summed E-state index contributed by atoms with van der Waals surface area (Å²) in [5, 5.41) is 11.1. The van der Waals surface area contributed by atoms with Crippen molar-refractivity contribution in [1.29, 1.82) is 0 Å². The van der Waals surface area contributed by atoms with Crippen LogP contribution in [0.25, 0.3) is 10.8 Å². The Hall–Kier alpha value is -1.78. The summed E-state index contributed by atoms with van der Waals surface area (Å²) in [5.74, 6) is -0.259. The van der Waals surface area contributed by atoms with Gasteiger partial charge in [-0.1, -0.05) is 18.2 Å². The molecule has 1 atom stereocenters. The molecule has 0 bridgehead atoms. The highest BCUT2D eigenvalue weighted by Gasteiger charge is 2.16. The normalized spacial score (nSPS) is 11.7. The number of ether oxygens (including phenoxy) is 1. The number of carbonyl (C=O) groups excluding carboxylic acids is 1. The Morgan fingerprint density at radius 3 is 2.50 bits per heavy atom. The van der Waals surface area contributed by atoms with Crippen LogP contribution in [0.15, 0.2) is 36.4 Å². The zero-order valence-corrected chi connectivity index (χ0v) is 10.6. The average molecular weight is 268 g/mol. The second kappa shape index (κ2) is 5.71. The minimum absolute atomic E-state index is 0. The first-order valence-electron chi connectivity index (χ1n) is 5.18. The van der Waals surface area contributed by atoms with Crippen LogP contribution in [-0.4, -0.2) is 18.2 Å². The Kier molecular flexibility index (Phi) is 4.53. The van der Waals surface area contributed by atoms with Gasteiger partial charge in [0.25, 0.3) is 0 Å². The third-order valence-electron chi connectivity index (χ3n) is 2.66. The molecule has 2 aromatic rings. The van der Waals surface area contributed by atoms with E-state index in [0.717, 1.165) is 10.8 Å². The van der Waals surface area contributed by atoms with Crippen LogP contribution in [0.3, 0.4) is 0 Å². The first-order chi connectivity index (χ1) is 8.11. The molecule has 0 spiro atoms. The van der Waals surface area contributed by atoms with Gasteiger partial charge < -0.3 is 15.6 Å². The van der Waals surface area contributed by atoms with Crippen molar-refractivity contribution in [3.05, 3.63) is 42.0 Å². The highest BCUT2D eigenvalue weighted by Crippen LogP contribution is 2.23. The largest absolute Gasteiger partial charge is 0.508 e. The number of hydrogen-bond acceptors (Lipinski definition) is 4. The zero-order valence-electron chi connectivity index (χ0n) is 9.79. The molecule has 0 aliphatic carbocycles. The summed E-state index contributed by atoms with van der Waals surface area (Å²) in [6, 6.07) is 9.63. The van der Waals surface area contributed by atoms with Gasteiger partial charge in [0, 0.05) is 0 Å². The molecule has 2 aromatic carbocycles. The van der Waals surface area contributed by atoms with E-state index in [1.165, 1.54) is 7.11 Å². The molecule has 3 N–H and O–H groups in total. The summed E-state index contributed by atoms with van der Waals surface area (Å²) < 4.78 is 4.59. The van der Waals surface area contributed by atoms with Gasteiger partial charge in [0.05, 0.1) is 7.11 Å². The minimum Gasteiger partial charge on any atom is -0.508 e. The van der Waals surface area contributed by atoms with Crippen molar-refractivity contribution in [1.82, 2.24) is 0 Å². The van der Waals surface area contributed by atoms with Crippen LogP contribution in [0.2, 0.25) is 0 Å². The van der Waals surface area contributed by atoms with Gasteiger partial charge in [-0.25, -0.2) is 0 Å². The first-order valence-corrected chi connectivity index (χ1v) is 5.18. The van der Waals surface area contributed by atoms with Gasteiger partial charge in [0.1, 0.15) is 11.8 Å². The first kappa shape index (κ1) is 14.3. The molecule has 0 amide bonds. The molecule has 0 fully saturated rings. The predicted molar refractivity (Wildman–Crippen MR) is 71.8 cm³/mol. The third kappa shape index (κ3) is 2.72. The number of halogens is 1. The number of esters is 1. The van der Waals surface area contributed by atoms with Crippen molar-refractivity contribution in [2.75, 3.05) is 7.11 Å². The van der Waals surface area contributed by atoms with Crippen molar-refractivity contribution in [2.24, 2.45) is 5.73 Å². The van der Waals surface area contributed by atoms with Crippen LogP contribution in [0.5, 0.6) is 5.75 Å². The number of rotatable bonds is 2. The highest BCUT2D eigenvalue weighted by molar-refractivity contribution is 5.86. The van der Waals surface area contributed by atoms with Crippen molar-refractivity contribution in [3.8, 4) is 5.75 Å². The van der Waals surface area contributed by atoms with Crippen molar-refractivity contribution in [2.45, 2.75) is 6.04 Å². The van der Waals surface area contributed by atoms with E-state index in [1.807, 2.05) is 12.1 Å². The molecule has 18 heavy (non-hydrogen) atoms. The second-order valence-electron chi connectivity index (χ2n) is 3.79. The molecule has 0 radical (unpaired) electrons. The summed E-state index contributed by atoms with van der Waals surface area (Å²) >= 11 is 0. The third-order valence-corrected chi connectivity index (χ3v) is 2.66. The van der Waals surface area contributed by atoms with Crippen LogP contribution >= 0.6 is 12.4 Å². The van der Waals surface area contributed by atoms with E-state index in [0.29, 0.717) is 5.56 Å². The van der Waals surface area contributed by atoms with Gasteiger partial charge in [-0.3, -0.25) is 4.79 Å². The van der Waals surface area contributed by atoms with Gasteiger partial charge in [0.2, 0.25) is 0 Å². The highest BCUT2D eigenvalue weighted by atomic mass is 35.5. The lowest BCUT2D eigenvalue weighted by Crippen LogP contribution is -2.22. The molecular formula is C13H14ClNO3. The van der Waals surface area contributed by atoms with E-state index in [4.69, 9.17) is 5.73 Å². The summed E-state index contributed by atoms with van der Waals surface area (Å²) in [4.78, 5) is 11.3. The topological polar surface area (TPSA) is 72.5 Å². The van der Waals surface area contributed by atoms with Crippen LogP contribution < -0.4 is 5.73 Å². The van der Waals surface area contributed by atoms with Gasteiger partial charge in [-0.15, -0.1) is 12.4 Å². The van der Waals surface area contributed by atoms with E-state index in [1.54, 1.807) is 24.3 Å². The fourth-order valence-corrected chi connectivity index (χ4v) is 1.71. The number of nitrogens with two attached hydrogens (primary N) is 1. The van der Waals surface area contributed by atoms with Crippen molar-refractivity contribution in [3.63, 3.8) is 0 Å². The Labute approximate surface area is 111 Å². The zero-order chi connectivity index (χ0) is 12.4. The van der Waals surface area contributed by atoms with Crippen molar-refractivity contribution < 1.29 is 14.6 Å². The monoisotopic (exact) mass is 267 g/mol. The Balaban J connectivity index is 0.00000162. The van der Waals surface area contributed by atoms with Crippen LogP contribution in [0, 0.1) is 0 Å². The Bertz CT molecular complexity index is 571. The number of carbonyl (C=O) groups is 1. The van der Waals surface area contributed by atoms with E-state index >= 15 is 0 Å². The van der Waals surface area contributed by atoms with E-state index in [-0.39, 0.29) is 18.2 Å². The van der Waals surface area contributed by atoms with E-state index in [9.17, 15) is 9.90 Å². The number of hydrogen-bond donors (Lipinski definition) is 2. The smallest absolute Gasteiger partial charge is 0.327 e. The lowest BCUT2D eigenvalue weighted by atomic mass is 10.0. The lowest BCUT2D eigenvalue weighted by Gasteiger charge is -2.10. The quantitative estimate of drug-likeness (QED) is 0.818. The summed E-state index contributed by atoms with van der Waals surface area (Å²) in [6.07, 6.45) is 0. The maximum absolute atomic E-state index is 11.3. The predicted octanol–water partition coefficient (Wildman–Crippen LogP) is 2.14. The standard InChI is InChI=1S/C13H13NO3.ClH/c1-17-13(16)12(14)10-3-2-9-7-11(15)5-4-8(9)6-10;/h2-7,12,15H,14H2,1H3;1H/t12-;/m1./s1. The van der Waals surface area contributed by atoms with Gasteiger partial charge in [0.15, 0.2) is 0 Å².